The van der Waals surface area contributed by atoms with Gasteiger partial charge >= 0.3 is 11.9 Å². The molecule has 0 radical (unpaired) electrons. The van der Waals surface area contributed by atoms with E-state index in [4.69, 9.17) is 18.5 Å². The number of esters is 2. The average Bonchev–Trinajstić information content (AvgIpc) is 2.82. The van der Waals surface area contributed by atoms with Gasteiger partial charge in [0.05, 0.1) is 27.7 Å². The van der Waals surface area contributed by atoms with Gasteiger partial charge < -0.3 is 27.9 Å². The molecule has 0 heterocycles. The van der Waals surface area contributed by atoms with E-state index in [2.05, 4.69) is 43.4 Å². The highest BCUT2D eigenvalue weighted by molar-refractivity contribution is 7.45. The molecule has 214 valence electrons. The zero-order valence-corrected chi connectivity index (χ0v) is 24.3. The van der Waals surface area contributed by atoms with E-state index in [1.807, 2.05) is 21.1 Å². The molecule has 0 amide bonds. The van der Waals surface area contributed by atoms with Crippen LogP contribution in [0.25, 0.3) is 0 Å². The van der Waals surface area contributed by atoms with Crippen molar-refractivity contribution in [1.82, 2.24) is 0 Å². The zero-order chi connectivity index (χ0) is 28.0. The van der Waals surface area contributed by atoms with E-state index in [9.17, 15) is 19.0 Å². The number of carbonyl (C=O) groups is 2. The molecule has 0 saturated carbocycles. The van der Waals surface area contributed by atoms with E-state index in [0.717, 1.165) is 38.5 Å². The largest absolute Gasteiger partial charge is 0.756 e. The third kappa shape index (κ3) is 24.3. The molecule has 10 heteroatoms. The lowest BCUT2D eigenvalue weighted by Gasteiger charge is -2.28. The zero-order valence-electron chi connectivity index (χ0n) is 23.4. The van der Waals surface area contributed by atoms with Crippen LogP contribution in [0.15, 0.2) is 36.5 Å². The van der Waals surface area contributed by atoms with E-state index < -0.39 is 32.5 Å². The van der Waals surface area contributed by atoms with Gasteiger partial charge in [0, 0.05) is 12.8 Å². The molecule has 0 aromatic heterocycles. The Morgan fingerprint density at radius 3 is 2.14 bits per heavy atom. The van der Waals surface area contributed by atoms with Gasteiger partial charge in [0.1, 0.15) is 19.8 Å². The number of allylic oxidation sites excluding steroid dienone is 6. The first-order valence-corrected chi connectivity index (χ1v) is 14.7. The van der Waals surface area contributed by atoms with Crippen LogP contribution in [0.4, 0.5) is 0 Å². The minimum Gasteiger partial charge on any atom is -0.756 e. The summed E-state index contributed by atoms with van der Waals surface area (Å²) in [5.41, 5.74) is 0. The van der Waals surface area contributed by atoms with Crippen LogP contribution in [-0.4, -0.2) is 70.0 Å². The predicted molar refractivity (Wildman–Crippen MR) is 144 cm³/mol. The molecule has 0 N–H and O–H groups in total. The molecule has 0 aromatic rings. The maximum absolute atomic E-state index is 12.3. The average molecular weight is 546 g/mol. The van der Waals surface area contributed by atoms with Crippen molar-refractivity contribution in [2.24, 2.45) is 0 Å². The number of likely N-dealkylation sites (N-methyl/N-ethyl adjacent to an activating group) is 1. The normalized spacial score (nSPS) is 14.9. The summed E-state index contributed by atoms with van der Waals surface area (Å²) in [5, 5.41) is 0. The standard InChI is InChI=1S/C27H48NO8P/c1-6-8-9-10-11-12-13-14-15-16-17-18-19-20-27(30)36-25(23-33-26(29)7-2)24-35-37(31,32)34-22-21-28(3,4)5/h8-9,11-12,14-15,25H,6-7,10,13,16-24H2,1-5H3/b9-8-,12-11-,15-14-. The lowest BCUT2D eigenvalue weighted by Crippen LogP contribution is -2.37. The van der Waals surface area contributed by atoms with Crippen molar-refractivity contribution in [2.45, 2.75) is 77.7 Å². The Bertz CT molecular complexity index is 758. The number of hydrogen-bond acceptors (Lipinski definition) is 8. The van der Waals surface area contributed by atoms with Crippen LogP contribution in [0.1, 0.15) is 71.6 Å². The molecule has 2 atom stereocenters. The van der Waals surface area contributed by atoms with Crippen molar-refractivity contribution >= 4 is 19.8 Å². The van der Waals surface area contributed by atoms with E-state index in [-0.39, 0.29) is 26.1 Å². The number of phosphoric acid groups is 1. The number of phosphoric ester groups is 1. The quantitative estimate of drug-likeness (QED) is 0.0623. The second-order valence-electron chi connectivity index (χ2n) is 9.63. The number of unbranched alkanes of at least 4 members (excludes halogenated alkanes) is 3. The summed E-state index contributed by atoms with van der Waals surface area (Å²) in [5.74, 6) is -0.979. The molecule has 0 aliphatic carbocycles. The van der Waals surface area contributed by atoms with E-state index in [1.54, 1.807) is 6.92 Å². The lowest BCUT2D eigenvalue weighted by atomic mass is 10.1. The first-order chi connectivity index (χ1) is 17.5. The SMILES string of the molecule is CC/C=C\C/C=C\C/C=C\CCCCCC(=O)OC(COC(=O)CC)COP(=O)([O-])OCC[N+](C)(C)C. The Hall–Kier alpha value is -1.77. The van der Waals surface area contributed by atoms with Gasteiger partial charge in [-0.15, -0.1) is 0 Å². The van der Waals surface area contributed by atoms with Crippen LogP contribution in [0.5, 0.6) is 0 Å². The van der Waals surface area contributed by atoms with E-state index in [1.165, 1.54) is 0 Å². The second-order valence-corrected chi connectivity index (χ2v) is 11.0. The van der Waals surface area contributed by atoms with Crippen molar-refractivity contribution < 1.29 is 42.1 Å². The molecular weight excluding hydrogens is 497 g/mol. The van der Waals surface area contributed by atoms with E-state index in [0.29, 0.717) is 17.4 Å². The van der Waals surface area contributed by atoms with Gasteiger partial charge in [-0.1, -0.05) is 56.7 Å². The van der Waals surface area contributed by atoms with Crippen molar-refractivity contribution in [3.63, 3.8) is 0 Å². The van der Waals surface area contributed by atoms with Gasteiger partial charge in [-0.25, -0.2) is 0 Å². The molecule has 9 nitrogen and oxygen atoms in total. The monoisotopic (exact) mass is 545 g/mol. The fraction of sp³-hybridized carbons (Fsp3) is 0.704. The molecule has 0 saturated heterocycles. The molecule has 0 spiro atoms. The topological polar surface area (TPSA) is 111 Å². The number of ether oxygens (including phenoxy) is 2. The third-order valence-electron chi connectivity index (χ3n) is 4.98. The molecule has 0 rings (SSSR count). The summed E-state index contributed by atoms with van der Waals surface area (Å²) in [6.45, 7) is 3.40. The molecular formula is C27H48NO8P. The lowest BCUT2D eigenvalue weighted by molar-refractivity contribution is -0.870. The van der Waals surface area contributed by atoms with Gasteiger partial charge in [0.2, 0.25) is 0 Å². The van der Waals surface area contributed by atoms with Crippen molar-refractivity contribution in [1.29, 1.82) is 0 Å². The Balaban J connectivity index is 4.34. The fourth-order valence-corrected chi connectivity index (χ4v) is 3.55. The van der Waals surface area contributed by atoms with Crippen molar-refractivity contribution in [2.75, 3.05) is 47.5 Å². The molecule has 0 aromatic carbocycles. The predicted octanol–water partition coefficient (Wildman–Crippen LogP) is 4.87. The van der Waals surface area contributed by atoms with Gasteiger partial charge in [-0.2, -0.15) is 0 Å². The summed E-state index contributed by atoms with van der Waals surface area (Å²) in [6, 6.07) is 0. The second kappa shape index (κ2) is 21.2. The van der Waals surface area contributed by atoms with Gasteiger partial charge in [0.15, 0.2) is 6.10 Å². The highest BCUT2D eigenvalue weighted by Crippen LogP contribution is 2.38. The summed E-state index contributed by atoms with van der Waals surface area (Å²) in [4.78, 5) is 35.8. The molecule has 2 unspecified atom stereocenters. The highest BCUT2D eigenvalue weighted by atomic mass is 31.2. The number of quaternary nitrogens is 1. The molecule has 0 aliphatic rings. The van der Waals surface area contributed by atoms with Crippen LogP contribution < -0.4 is 4.89 Å². The number of hydrogen-bond donors (Lipinski definition) is 0. The maximum atomic E-state index is 12.3. The van der Waals surface area contributed by atoms with Crippen LogP contribution in [0.2, 0.25) is 0 Å². The molecule has 37 heavy (non-hydrogen) atoms. The fourth-order valence-electron chi connectivity index (χ4n) is 2.82. The van der Waals surface area contributed by atoms with Crippen LogP contribution >= 0.6 is 7.82 Å². The molecule has 0 aliphatic heterocycles. The highest BCUT2D eigenvalue weighted by Gasteiger charge is 2.21. The molecule has 0 bridgehead atoms. The van der Waals surface area contributed by atoms with Crippen molar-refractivity contribution in [3.8, 4) is 0 Å². The summed E-state index contributed by atoms with van der Waals surface area (Å²) in [7, 11) is 1.13. The number of nitrogens with zero attached hydrogens (tertiary/aromatic N) is 1. The minimum atomic E-state index is -4.59. The Labute approximate surface area is 223 Å². The minimum absolute atomic E-state index is 0.0396. The summed E-state index contributed by atoms with van der Waals surface area (Å²) >= 11 is 0. The summed E-state index contributed by atoms with van der Waals surface area (Å²) in [6.07, 6.45) is 18.5. The van der Waals surface area contributed by atoms with Gasteiger partial charge in [0.25, 0.3) is 7.82 Å². The van der Waals surface area contributed by atoms with Gasteiger partial charge in [-0.3, -0.25) is 14.2 Å². The maximum Gasteiger partial charge on any atom is 0.306 e. The van der Waals surface area contributed by atoms with Crippen molar-refractivity contribution in [3.05, 3.63) is 36.5 Å². The number of carbonyl (C=O) groups excluding carboxylic acids is 2. The number of rotatable bonds is 22. The smallest absolute Gasteiger partial charge is 0.306 e. The van der Waals surface area contributed by atoms with E-state index >= 15 is 0 Å². The Kier molecular flexibility index (Phi) is 20.2. The molecule has 0 fully saturated rings. The Morgan fingerprint density at radius 1 is 0.865 bits per heavy atom. The van der Waals surface area contributed by atoms with Gasteiger partial charge in [-0.05, 0) is 38.5 Å². The summed E-state index contributed by atoms with van der Waals surface area (Å²) < 4.78 is 32.6. The van der Waals surface area contributed by atoms with Crippen LogP contribution in [0, 0.1) is 0 Å². The van der Waals surface area contributed by atoms with Crippen LogP contribution in [0.3, 0.4) is 0 Å². The first kappa shape index (κ1) is 35.2. The van der Waals surface area contributed by atoms with Crippen LogP contribution in [-0.2, 0) is 32.7 Å². The Morgan fingerprint density at radius 2 is 1.51 bits per heavy atom. The first-order valence-electron chi connectivity index (χ1n) is 13.2. The third-order valence-corrected chi connectivity index (χ3v) is 5.94.